The Morgan fingerprint density at radius 3 is 2.90 bits per heavy atom. The number of aromatic nitrogens is 1. The van der Waals surface area contributed by atoms with Crippen LogP contribution >= 0.6 is 0 Å². The molecule has 152 valence electrons. The zero-order chi connectivity index (χ0) is 20.2. The van der Waals surface area contributed by atoms with Crippen molar-refractivity contribution in [3.63, 3.8) is 0 Å². The number of nitrogens with zero attached hydrogens (tertiary/aromatic N) is 2. The van der Waals surface area contributed by atoms with Gasteiger partial charge in [0.2, 0.25) is 5.91 Å². The van der Waals surface area contributed by atoms with Crippen LogP contribution in [0.3, 0.4) is 0 Å². The quantitative estimate of drug-likeness (QED) is 0.688. The molecule has 1 aliphatic rings. The third-order valence-electron chi connectivity index (χ3n) is 5.52. The van der Waals surface area contributed by atoms with E-state index in [1.54, 1.807) is 7.11 Å². The lowest BCUT2D eigenvalue weighted by Gasteiger charge is -2.31. The fourth-order valence-corrected chi connectivity index (χ4v) is 4.06. The van der Waals surface area contributed by atoms with Gasteiger partial charge in [0.1, 0.15) is 11.3 Å². The van der Waals surface area contributed by atoms with Crippen LogP contribution in [0.25, 0.3) is 11.1 Å². The van der Waals surface area contributed by atoms with Crippen molar-refractivity contribution in [3.05, 3.63) is 60.0 Å². The summed E-state index contributed by atoms with van der Waals surface area (Å²) < 4.78 is 11.4. The Kier molecular flexibility index (Phi) is 5.81. The Morgan fingerprint density at radius 2 is 2.07 bits per heavy atom. The first-order chi connectivity index (χ1) is 14.1. The molecule has 2 atom stereocenters. The van der Waals surface area contributed by atoms with Crippen molar-refractivity contribution in [2.75, 3.05) is 26.7 Å². The number of likely N-dealkylation sites (tertiary alicyclic amines) is 1. The first-order valence-corrected chi connectivity index (χ1v) is 10.1. The number of piperidine rings is 1. The predicted molar refractivity (Wildman–Crippen MR) is 112 cm³/mol. The lowest BCUT2D eigenvalue weighted by atomic mass is 9.98. The van der Waals surface area contributed by atoms with Crippen LogP contribution in [0.4, 0.5) is 0 Å². The number of hydrogen-bond acceptors (Lipinski definition) is 5. The van der Waals surface area contributed by atoms with Gasteiger partial charge in [-0.3, -0.25) is 9.69 Å². The molecule has 0 spiro atoms. The Morgan fingerprint density at radius 1 is 1.28 bits per heavy atom. The van der Waals surface area contributed by atoms with Gasteiger partial charge >= 0.3 is 0 Å². The van der Waals surface area contributed by atoms with Crippen LogP contribution in [0.1, 0.15) is 43.2 Å². The van der Waals surface area contributed by atoms with Crippen LogP contribution in [0, 0.1) is 0 Å². The minimum Gasteiger partial charge on any atom is -0.496 e. The molecule has 1 aromatic heterocycles. The SMILES string of the molecule is COc1ccccc1[C@H](C)NC(=O)CN1CCC[C@H](c2nc3ccccc3o2)C1. The molecular formula is C23H27N3O3. The van der Waals surface area contributed by atoms with Gasteiger partial charge in [0.05, 0.1) is 19.7 Å². The number of methoxy groups -OCH3 is 1. The predicted octanol–water partition coefficient (Wildman–Crippen LogP) is 3.89. The van der Waals surface area contributed by atoms with Crippen molar-refractivity contribution in [2.45, 2.75) is 31.7 Å². The van der Waals surface area contributed by atoms with Crippen LogP contribution in [0.15, 0.2) is 52.9 Å². The smallest absolute Gasteiger partial charge is 0.234 e. The lowest BCUT2D eigenvalue weighted by molar-refractivity contribution is -0.123. The number of benzene rings is 2. The molecule has 1 saturated heterocycles. The summed E-state index contributed by atoms with van der Waals surface area (Å²) in [4.78, 5) is 19.5. The van der Waals surface area contributed by atoms with E-state index >= 15 is 0 Å². The highest BCUT2D eigenvalue weighted by molar-refractivity contribution is 5.78. The monoisotopic (exact) mass is 393 g/mol. The number of oxazole rings is 1. The van der Waals surface area contributed by atoms with E-state index in [1.165, 1.54) is 0 Å². The van der Waals surface area contributed by atoms with Crippen molar-refractivity contribution in [1.82, 2.24) is 15.2 Å². The Balaban J connectivity index is 1.37. The highest BCUT2D eigenvalue weighted by Crippen LogP contribution is 2.29. The number of carbonyl (C=O) groups excluding carboxylic acids is 1. The molecule has 0 unspecified atom stereocenters. The number of para-hydroxylation sites is 3. The summed E-state index contributed by atoms with van der Waals surface area (Å²) >= 11 is 0. The van der Waals surface area contributed by atoms with E-state index in [4.69, 9.17) is 9.15 Å². The Bertz CT molecular complexity index is 951. The molecule has 2 heterocycles. The lowest BCUT2D eigenvalue weighted by Crippen LogP contribution is -2.42. The van der Waals surface area contributed by atoms with Gasteiger partial charge in [0, 0.05) is 18.0 Å². The first kappa shape index (κ1) is 19.5. The fraction of sp³-hybridized carbons (Fsp3) is 0.391. The van der Waals surface area contributed by atoms with Gasteiger partial charge in [-0.15, -0.1) is 0 Å². The number of carbonyl (C=O) groups is 1. The van der Waals surface area contributed by atoms with Gasteiger partial charge in [-0.05, 0) is 44.5 Å². The maximum absolute atomic E-state index is 12.6. The fourth-order valence-electron chi connectivity index (χ4n) is 4.06. The van der Waals surface area contributed by atoms with E-state index in [9.17, 15) is 4.79 Å². The summed E-state index contributed by atoms with van der Waals surface area (Å²) in [5, 5.41) is 3.09. The van der Waals surface area contributed by atoms with Crippen molar-refractivity contribution in [2.24, 2.45) is 0 Å². The molecule has 0 saturated carbocycles. The highest BCUT2D eigenvalue weighted by Gasteiger charge is 2.27. The molecule has 0 bridgehead atoms. The molecule has 1 aliphatic heterocycles. The molecule has 4 rings (SSSR count). The average Bonchev–Trinajstić information content (AvgIpc) is 3.18. The van der Waals surface area contributed by atoms with E-state index in [-0.39, 0.29) is 17.9 Å². The first-order valence-electron chi connectivity index (χ1n) is 10.1. The summed E-state index contributed by atoms with van der Waals surface area (Å²) in [6.07, 6.45) is 2.06. The summed E-state index contributed by atoms with van der Waals surface area (Å²) in [7, 11) is 1.65. The molecule has 6 nitrogen and oxygen atoms in total. The topological polar surface area (TPSA) is 67.6 Å². The van der Waals surface area contributed by atoms with Gasteiger partial charge in [-0.25, -0.2) is 4.98 Å². The Hall–Kier alpha value is -2.86. The molecule has 1 amide bonds. The molecule has 29 heavy (non-hydrogen) atoms. The maximum atomic E-state index is 12.6. The second-order valence-electron chi connectivity index (χ2n) is 7.63. The second-order valence-corrected chi connectivity index (χ2v) is 7.63. The van der Waals surface area contributed by atoms with Crippen LogP contribution in [-0.2, 0) is 4.79 Å². The van der Waals surface area contributed by atoms with E-state index in [0.717, 1.165) is 54.2 Å². The number of hydrogen-bond donors (Lipinski definition) is 1. The summed E-state index contributed by atoms with van der Waals surface area (Å²) in [5.41, 5.74) is 2.69. The minimum absolute atomic E-state index is 0.0154. The average molecular weight is 393 g/mol. The van der Waals surface area contributed by atoms with E-state index in [0.29, 0.717) is 6.54 Å². The summed E-state index contributed by atoms with van der Waals surface area (Å²) in [5.74, 6) is 1.80. The van der Waals surface area contributed by atoms with Crippen LogP contribution in [-0.4, -0.2) is 42.5 Å². The normalized spacial score (nSPS) is 18.5. The largest absolute Gasteiger partial charge is 0.496 e. The van der Waals surface area contributed by atoms with Crippen LogP contribution in [0.2, 0.25) is 0 Å². The van der Waals surface area contributed by atoms with Crippen molar-refractivity contribution in [1.29, 1.82) is 0 Å². The second kappa shape index (κ2) is 8.66. The van der Waals surface area contributed by atoms with E-state index in [2.05, 4.69) is 15.2 Å². The van der Waals surface area contributed by atoms with Gasteiger partial charge in [0.15, 0.2) is 11.5 Å². The summed E-state index contributed by atoms with van der Waals surface area (Å²) in [6, 6.07) is 15.5. The van der Waals surface area contributed by atoms with Crippen molar-refractivity contribution in [3.8, 4) is 5.75 Å². The zero-order valence-electron chi connectivity index (χ0n) is 16.9. The van der Waals surface area contributed by atoms with E-state index in [1.807, 2.05) is 55.5 Å². The van der Waals surface area contributed by atoms with Gasteiger partial charge in [-0.1, -0.05) is 30.3 Å². The van der Waals surface area contributed by atoms with Gasteiger partial charge in [0.25, 0.3) is 0 Å². The molecule has 0 radical (unpaired) electrons. The molecule has 1 N–H and O–H groups in total. The van der Waals surface area contributed by atoms with Gasteiger partial charge < -0.3 is 14.5 Å². The molecule has 2 aromatic carbocycles. The van der Waals surface area contributed by atoms with Crippen molar-refractivity contribution >= 4 is 17.0 Å². The molecule has 0 aliphatic carbocycles. The molecule has 1 fully saturated rings. The highest BCUT2D eigenvalue weighted by atomic mass is 16.5. The number of ether oxygens (including phenoxy) is 1. The maximum Gasteiger partial charge on any atom is 0.234 e. The van der Waals surface area contributed by atoms with Crippen molar-refractivity contribution < 1.29 is 13.9 Å². The zero-order valence-corrected chi connectivity index (χ0v) is 16.9. The third kappa shape index (κ3) is 4.43. The number of nitrogens with one attached hydrogen (secondary N) is 1. The Labute approximate surface area is 170 Å². The minimum atomic E-state index is -0.115. The molecular weight excluding hydrogens is 366 g/mol. The van der Waals surface area contributed by atoms with Crippen LogP contribution in [0.5, 0.6) is 5.75 Å². The van der Waals surface area contributed by atoms with E-state index < -0.39 is 0 Å². The molecule has 3 aromatic rings. The summed E-state index contributed by atoms with van der Waals surface area (Å²) in [6.45, 7) is 4.04. The standard InChI is InChI=1S/C23H27N3O3/c1-16(18-9-3-5-11-20(18)28-2)24-22(27)15-26-13-7-8-17(14-26)23-25-19-10-4-6-12-21(19)29-23/h3-6,9-12,16-17H,7-8,13-15H2,1-2H3,(H,24,27)/t16-,17-/m0/s1. The van der Waals surface area contributed by atoms with Gasteiger partial charge in [-0.2, -0.15) is 0 Å². The third-order valence-corrected chi connectivity index (χ3v) is 5.52. The molecule has 6 heteroatoms. The number of fused-ring (bicyclic) bond motifs is 1. The number of rotatable bonds is 6. The number of amides is 1. The van der Waals surface area contributed by atoms with Crippen LogP contribution < -0.4 is 10.1 Å².